The Balaban J connectivity index is 1.67. The Bertz CT molecular complexity index is 1460. The van der Waals surface area contributed by atoms with E-state index >= 15 is 0 Å². The average Bonchev–Trinajstić information content (AvgIpc) is 2.82. The van der Waals surface area contributed by atoms with Gasteiger partial charge < -0.3 is 4.74 Å². The van der Waals surface area contributed by atoms with Crippen LogP contribution in [0.3, 0.4) is 0 Å². The molecule has 0 N–H and O–H groups in total. The Hall–Kier alpha value is -2.36. The monoisotopic (exact) mass is 663 g/mol. The first kappa shape index (κ1) is 25.7. The van der Waals surface area contributed by atoms with Gasteiger partial charge >= 0.3 is 0 Å². The van der Waals surface area contributed by atoms with Crippen molar-refractivity contribution >= 4 is 64.9 Å². The van der Waals surface area contributed by atoms with Crippen LogP contribution in [0, 0.1) is 5.82 Å². The molecule has 4 aromatic rings. The number of fused-ring (bicyclic) bond motifs is 1. The fourth-order valence-corrected chi connectivity index (χ4v) is 5.29. The molecule has 0 aliphatic rings. The second-order valence-corrected chi connectivity index (χ2v) is 10.7. The molecule has 3 aromatic carbocycles. The van der Waals surface area contributed by atoms with Crippen molar-refractivity contribution < 1.29 is 9.13 Å². The predicted molar refractivity (Wildman–Crippen MR) is 148 cm³/mol. The molecule has 0 saturated heterocycles. The largest absolute Gasteiger partial charge is 0.487 e. The van der Waals surface area contributed by atoms with Crippen LogP contribution in [0.5, 0.6) is 5.75 Å². The summed E-state index contributed by atoms with van der Waals surface area (Å²) in [5, 5.41) is 5.01. The van der Waals surface area contributed by atoms with Crippen molar-refractivity contribution in [1.29, 1.82) is 0 Å². The van der Waals surface area contributed by atoms with Crippen LogP contribution in [0.2, 0.25) is 0 Å². The highest BCUT2D eigenvalue weighted by Crippen LogP contribution is 2.35. The molecule has 0 amide bonds. The summed E-state index contributed by atoms with van der Waals surface area (Å²) in [5.41, 5.74) is 1.89. The van der Waals surface area contributed by atoms with E-state index in [1.165, 1.54) is 16.8 Å². The van der Waals surface area contributed by atoms with Crippen molar-refractivity contribution in [2.75, 3.05) is 0 Å². The van der Waals surface area contributed by atoms with Crippen LogP contribution < -0.4 is 10.3 Å². The van der Waals surface area contributed by atoms with Crippen LogP contribution >= 0.6 is 47.8 Å². The van der Waals surface area contributed by atoms with Crippen LogP contribution in [-0.4, -0.2) is 15.9 Å². The minimum absolute atomic E-state index is 0.0463. The van der Waals surface area contributed by atoms with Gasteiger partial charge in [0, 0.05) is 10.4 Å². The van der Waals surface area contributed by atoms with Gasteiger partial charge in [0.15, 0.2) is 0 Å². The third kappa shape index (κ3) is 5.90. The van der Waals surface area contributed by atoms with Crippen molar-refractivity contribution in [2.45, 2.75) is 32.8 Å². The molecule has 35 heavy (non-hydrogen) atoms. The Kier molecular flexibility index (Phi) is 8.19. The minimum atomic E-state index is -0.307. The van der Waals surface area contributed by atoms with Gasteiger partial charge in [0.2, 0.25) is 0 Å². The zero-order valence-electron chi connectivity index (χ0n) is 18.9. The first-order valence-electron chi connectivity index (χ1n) is 10.9. The van der Waals surface area contributed by atoms with E-state index in [1.54, 1.807) is 24.4 Å². The van der Waals surface area contributed by atoms with Crippen LogP contribution in [-0.2, 0) is 6.61 Å². The van der Waals surface area contributed by atoms with Gasteiger partial charge in [-0.25, -0.2) is 9.37 Å². The van der Waals surface area contributed by atoms with Crippen molar-refractivity contribution in [3.8, 4) is 5.75 Å². The van der Waals surface area contributed by atoms with Crippen molar-refractivity contribution in [3.05, 3.63) is 101 Å². The van der Waals surface area contributed by atoms with Crippen molar-refractivity contribution in [2.24, 2.45) is 5.10 Å². The number of benzene rings is 3. The maximum atomic E-state index is 13.4. The van der Waals surface area contributed by atoms with Gasteiger partial charge in [0.25, 0.3) is 5.56 Å². The standard InChI is InChI=1S/C26H21Br3FN3O2/c1-3-15(2)25-32-23-8-7-18(27)12-20(23)26(34)33(25)31-13-17-10-21(28)24(22(29)11-17)35-14-16-5-4-6-19(30)9-16/h4-13,15H,3,14H2,1-2H3/t15-/m0/s1. The van der Waals surface area contributed by atoms with Gasteiger partial charge in [-0.1, -0.05) is 41.9 Å². The molecule has 0 fully saturated rings. The van der Waals surface area contributed by atoms with Gasteiger partial charge in [0.1, 0.15) is 24.0 Å². The fourth-order valence-electron chi connectivity index (χ4n) is 3.48. The van der Waals surface area contributed by atoms with Gasteiger partial charge in [-0.3, -0.25) is 4.79 Å². The topological polar surface area (TPSA) is 56.5 Å². The molecule has 9 heteroatoms. The third-order valence-electron chi connectivity index (χ3n) is 5.50. The summed E-state index contributed by atoms with van der Waals surface area (Å²) in [6.45, 7) is 4.29. The number of nitrogens with zero attached hydrogens (tertiary/aromatic N) is 3. The van der Waals surface area contributed by atoms with E-state index in [-0.39, 0.29) is 23.9 Å². The van der Waals surface area contributed by atoms with Gasteiger partial charge in [0.05, 0.1) is 26.1 Å². The maximum Gasteiger partial charge on any atom is 0.282 e. The molecular formula is C26H21Br3FN3O2. The van der Waals surface area contributed by atoms with Crippen LogP contribution in [0.25, 0.3) is 10.9 Å². The predicted octanol–water partition coefficient (Wildman–Crippen LogP) is 7.80. The van der Waals surface area contributed by atoms with E-state index in [2.05, 4.69) is 52.9 Å². The minimum Gasteiger partial charge on any atom is -0.487 e. The Morgan fingerprint density at radius 1 is 1.11 bits per heavy atom. The second-order valence-electron chi connectivity index (χ2n) is 8.03. The molecule has 0 unspecified atom stereocenters. The zero-order valence-corrected chi connectivity index (χ0v) is 23.7. The fraction of sp³-hybridized carbons (Fsp3) is 0.192. The highest BCUT2D eigenvalue weighted by molar-refractivity contribution is 9.11. The average molecular weight is 666 g/mol. The Morgan fingerprint density at radius 2 is 1.86 bits per heavy atom. The number of aromatic nitrogens is 2. The second kappa shape index (κ2) is 11.1. The number of ether oxygens (including phenoxy) is 1. The van der Waals surface area contributed by atoms with E-state index in [9.17, 15) is 9.18 Å². The molecule has 1 atom stereocenters. The first-order chi connectivity index (χ1) is 16.8. The first-order valence-corrected chi connectivity index (χ1v) is 13.3. The molecule has 0 bridgehead atoms. The number of hydrogen-bond acceptors (Lipinski definition) is 4. The molecule has 1 heterocycles. The molecule has 0 radical (unpaired) electrons. The molecule has 0 spiro atoms. The lowest BCUT2D eigenvalue weighted by molar-refractivity contribution is 0.301. The Morgan fingerprint density at radius 3 is 2.54 bits per heavy atom. The molecule has 5 nitrogen and oxygen atoms in total. The van der Waals surface area contributed by atoms with Gasteiger partial charge in [-0.15, -0.1) is 0 Å². The van der Waals surface area contributed by atoms with E-state index in [4.69, 9.17) is 9.72 Å². The number of halogens is 4. The number of rotatable bonds is 7. The van der Waals surface area contributed by atoms with Crippen molar-refractivity contribution in [3.63, 3.8) is 0 Å². The molecule has 0 aliphatic heterocycles. The summed E-state index contributed by atoms with van der Waals surface area (Å²) in [4.78, 5) is 18.0. The van der Waals surface area contributed by atoms with Crippen molar-refractivity contribution in [1.82, 2.24) is 9.66 Å². The van der Waals surface area contributed by atoms with E-state index in [0.29, 0.717) is 31.4 Å². The molecule has 0 aliphatic carbocycles. The highest BCUT2D eigenvalue weighted by atomic mass is 79.9. The van der Waals surface area contributed by atoms with E-state index in [0.717, 1.165) is 22.0 Å². The lowest BCUT2D eigenvalue weighted by atomic mass is 10.1. The number of hydrogen-bond donors (Lipinski definition) is 0. The van der Waals surface area contributed by atoms with Crippen LogP contribution in [0.4, 0.5) is 4.39 Å². The zero-order chi connectivity index (χ0) is 25.1. The lowest BCUT2D eigenvalue weighted by Gasteiger charge is -2.14. The van der Waals surface area contributed by atoms with E-state index in [1.807, 2.05) is 38.1 Å². The quantitative estimate of drug-likeness (QED) is 0.189. The van der Waals surface area contributed by atoms with Gasteiger partial charge in [-0.05, 0) is 91.9 Å². The van der Waals surface area contributed by atoms with Gasteiger partial charge in [-0.2, -0.15) is 9.78 Å². The molecule has 0 saturated carbocycles. The molecule has 1 aromatic heterocycles. The summed E-state index contributed by atoms with van der Waals surface area (Å²) in [7, 11) is 0. The van der Waals surface area contributed by atoms with E-state index < -0.39 is 0 Å². The third-order valence-corrected chi connectivity index (χ3v) is 7.17. The molecule has 180 valence electrons. The smallest absolute Gasteiger partial charge is 0.282 e. The lowest BCUT2D eigenvalue weighted by Crippen LogP contribution is -2.23. The van der Waals surface area contributed by atoms with Crippen LogP contribution in [0.1, 0.15) is 43.1 Å². The maximum absolute atomic E-state index is 13.4. The molecular weight excluding hydrogens is 645 g/mol. The molecule has 4 rings (SSSR count). The Labute approximate surface area is 227 Å². The summed E-state index contributed by atoms with van der Waals surface area (Å²) in [6, 6.07) is 15.4. The summed E-state index contributed by atoms with van der Waals surface area (Å²) < 4.78 is 22.9. The van der Waals surface area contributed by atoms with Crippen LogP contribution in [0.15, 0.2) is 77.9 Å². The summed E-state index contributed by atoms with van der Waals surface area (Å²) >= 11 is 10.5. The normalized spacial score (nSPS) is 12.4. The SMILES string of the molecule is CC[C@H](C)c1nc2ccc(Br)cc2c(=O)n1N=Cc1cc(Br)c(OCc2cccc(F)c2)c(Br)c1. The highest BCUT2D eigenvalue weighted by Gasteiger charge is 2.16. The summed E-state index contributed by atoms with van der Waals surface area (Å²) in [5.74, 6) is 0.932. The summed E-state index contributed by atoms with van der Waals surface area (Å²) in [6.07, 6.45) is 2.43.